The van der Waals surface area contributed by atoms with Gasteiger partial charge in [0, 0.05) is 32.2 Å². The van der Waals surface area contributed by atoms with E-state index in [1.54, 1.807) is 0 Å². The number of halogens is 2. The molecule has 1 aromatic rings. The molecule has 0 bridgehead atoms. The van der Waals surface area contributed by atoms with Gasteiger partial charge < -0.3 is 16.0 Å². The van der Waals surface area contributed by atoms with Gasteiger partial charge in [-0.1, -0.05) is 0 Å². The number of rotatable bonds is 1. The van der Waals surface area contributed by atoms with Crippen molar-refractivity contribution in [3.8, 4) is 0 Å². The lowest BCUT2D eigenvalue weighted by Gasteiger charge is -2.27. The summed E-state index contributed by atoms with van der Waals surface area (Å²) in [6, 6.07) is 1.65. The van der Waals surface area contributed by atoms with Gasteiger partial charge in [0.15, 0.2) is 0 Å². The summed E-state index contributed by atoms with van der Waals surface area (Å²) < 4.78 is 26.3. The summed E-state index contributed by atoms with van der Waals surface area (Å²) in [4.78, 5) is 13.5. The monoisotopic (exact) mass is 241 g/mol. The molecule has 1 aliphatic heterocycles. The molecule has 1 amide bonds. The highest BCUT2D eigenvalue weighted by Crippen LogP contribution is 2.20. The second-order valence-corrected chi connectivity index (χ2v) is 3.89. The SMILES string of the molecule is Nc1c(F)cc(F)cc1C(=O)N1CCNCC1. The summed E-state index contributed by atoms with van der Waals surface area (Å²) in [5.74, 6) is -2.12. The van der Waals surface area contributed by atoms with E-state index in [1.165, 1.54) is 4.90 Å². The molecule has 0 unspecified atom stereocenters. The van der Waals surface area contributed by atoms with Crippen molar-refractivity contribution in [3.63, 3.8) is 0 Å². The van der Waals surface area contributed by atoms with Gasteiger partial charge in [0.05, 0.1) is 11.3 Å². The number of hydrogen-bond acceptors (Lipinski definition) is 3. The Morgan fingerprint density at radius 2 is 1.94 bits per heavy atom. The second-order valence-electron chi connectivity index (χ2n) is 3.89. The maximum atomic E-state index is 13.2. The van der Waals surface area contributed by atoms with Crippen LogP contribution in [0.3, 0.4) is 0 Å². The minimum absolute atomic E-state index is 0.107. The first-order chi connectivity index (χ1) is 8.09. The highest BCUT2D eigenvalue weighted by molar-refractivity contribution is 5.99. The van der Waals surface area contributed by atoms with Crippen LogP contribution in [0.2, 0.25) is 0 Å². The van der Waals surface area contributed by atoms with Crippen LogP contribution in [0.4, 0.5) is 14.5 Å². The van der Waals surface area contributed by atoms with Crippen LogP contribution >= 0.6 is 0 Å². The molecule has 3 N–H and O–H groups in total. The highest BCUT2D eigenvalue weighted by Gasteiger charge is 2.22. The normalized spacial score (nSPS) is 16.0. The molecule has 17 heavy (non-hydrogen) atoms. The number of anilines is 1. The number of carbonyl (C=O) groups excluding carboxylic acids is 1. The molecule has 1 aromatic carbocycles. The Hall–Kier alpha value is -1.69. The third-order valence-electron chi connectivity index (χ3n) is 2.73. The van der Waals surface area contributed by atoms with Gasteiger partial charge in [-0.2, -0.15) is 0 Å². The molecule has 0 atom stereocenters. The lowest BCUT2D eigenvalue weighted by molar-refractivity contribution is 0.0736. The third kappa shape index (κ3) is 2.36. The maximum absolute atomic E-state index is 13.2. The van der Waals surface area contributed by atoms with Gasteiger partial charge in [-0.25, -0.2) is 8.78 Å². The van der Waals surface area contributed by atoms with Crippen molar-refractivity contribution in [2.45, 2.75) is 0 Å². The molecule has 6 heteroatoms. The van der Waals surface area contributed by atoms with E-state index in [0.29, 0.717) is 32.2 Å². The Labute approximate surface area is 97.4 Å². The summed E-state index contributed by atoms with van der Waals surface area (Å²) >= 11 is 0. The number of nitrogens with two attached hydrogens (primary N) is 1. The zero-order chi connectivity index (χ0) is 12.4. The summed E-state index contributed by atoms with van der Waals surface area (Å²) in [6.07, 6.45) is 0. The Kier molecular flexibility index (Phi) is 3.23. The van der Waals surface area contributed by atoms with Gasteiger partial charge in [-0.15, -0.1) is 0 Å². The molecular formula is C11H13F2N3O. The lowest BCUT2D eigenvalue weighted by Crippen LogP contribution is -2.46. The quantitative estimate of drug-likeness (QED) is 0.708. The van der Waals surface area contributed by atoms with E-state index in [2.05, 4.69) is 5.32 Å². The minimum Gasteiger partial charge on any atom is -0.396 e. The predicted octanol–water partition coefficient (Wildman–Crippen LogP) is 0.592. The van der Waals surface area contributed by atoms with Gasteiger partial charge in [0.25, 0.3) is 5.91 Å². The molecule has 1 fully saturated rings. The number of nitrogens with one attached hydrogen (secondary N) is 1. The molecule has 0 spiro atoms. The summed E-state index contributed by atoms with van der Waals surface area (Å²) in [5, 5.41) is 3.09. The van der Waals surface area contributed by atoms with E-state index >= 15 is 0 Å². The van der Waals surface area contributed by atoms with Crippen molar-refractivity contribution in [2.75, 3.05) is 31.9 Å². The molecular weight excluding hydrogens is 228 g/mol. The average Bonchev–Trinajstić information content (AvgIpc) is 2.34. The number of nitrogen functional groups attached to an aromatic ring is 1. The predicted molar refractivity (Wildman–Crippen MR) is 59.5 cm³/mol. The summed E-state index contributed by atoms with van der Waals surface area (Å²) in [6.45, 7) is 2.36. The van der Waals surface area contributed by atoms with Crippen LogP contribution in [0.1, 0.15) is 10.4 Å². The molecule has 0 radical (unpaired) electrons. The first-order valence-corrected chi connectivity index (χ1v) is 5.34. The van der Waals surface area contributed by atoms with Crippen LogP contribution in [0, 0.1) is 11.6 Å². The van der Waals surface area contributed by atoms with E-state index in [9.17, 15) is 13.6 Å². The fourth-order valence-electron chi connectivity index (χ4n) is 1.80. The molecule has 92 valence electrons. The summed E-state index contributed by atoms with van der Waals surface area (Å²) in [5.41, 5.74) is 5.05. The fraction of sp³-hybridized carbons (Fsp3) is 0.364. The van der Waals surface area contributed by atoms with Crippen molar-refractivity contribution in [1.29, 1.82) is 0 Å². The molecule has 1 heterocycles. The Morgan fingerprint density at radius 1 is 1.29 bits per heavy atom. The van der Waals surface area contributed by atoms with Crippen molar-refractivity contribution < 1.29 is 13.6 Å². The van der Waals surface area contributed by atoms with Gasteiger partial charge in [0.1, 0.15) is 11.6 Å². The van der Waals surface area contributed by atoms with Crippen molar-refractivity contribution in [3.05, 3.63) is 29.3 Å². The average molecular weight is 241 g/mol. The van der Waals surface area contributed by atoms with Crippen LogP contribution in [-0.2, 0) is 0 Å². The lowest BCUT2D eigenvalue weighted by atomic mass is 10.1. The van der Waals surface area contributed by atoms with E-state index in [4.69, 9.17) is 5.73 Å². The van der Waals surface area contributed by atoms with Gasteiger partial charge in [-0.3, -0.25) is 4.79 Å². The van der Waals surface area contributed by atoms with Gasteiger partial charge in [-0.05, 0) is 6.07 Å². The van der Waals surface area contributed by atoms with Crippen LogP contribution in [-0.4, -0.2) is 37.0 Å². The standard InChI is InChI=1S/C11H13F2N3O/c12-7-5-8(10(14)9(13)6-7)11(17)16-3-1-15-2-4-16/h5-6,15H,1-4,14H2. The number of benzene rings is 1. The topological polar surface area (TPSA) is 58.4 Å². The molecule has 2 rings (SSSR count). The van der Waals surface area contributed by atoms with E-state index in [1.807, 2.05) is 0 Å². The zero-order valence-corrected chi connectivity index (χ0v) is 9.17. The number of carbonyl (C=O) groups is 1. The van der Waals surface area contributed by atoms with Crippen LogP contribution in [0.5, 0.6) is 0 Å². The van der Waals surface area contributed by atoms with Crippen molar-refractivity contribution in [2.24, 2.45) is 0 Å². The van der Waals surface area contributed by atoms with Crippen molar-refractivity contribution >= 4 is 11.6 Å². The van der Waals surface area contributed by atoms with E-state index < -0.39 is 17.5 Å². The largest absolute Gasteiger partial charge is 0.396 e. The smallest absolute Gasteiger partial charge is 0.256 e. The third-order valence-corrected chi connectivity index (χ3v) is 2.73. The molecule has 0 aromatic heterocycles. The molecule has 1 saturated heterocycles. The zero-order valence-electron chi connectivity index (χ0n) is 9.17. The van der Waals surface area contributed by atoms with Crippen molar-refractivity contribution in [1.82, 2.24) is 10.2 Å². The van der Waals surface area contributed by atoms with E-state index in [0.717, 1.165) is 6.07 Å². The highest BCUT2D eigenvalue weighted by atomic mass is 19.1. The number of piperazine rings is 1. The first-order valence-electron chi connectivity index (χ1n) is 5.34. The molecule has 0 aliphatic carbocycles. The Morgan fingerprint density at radius 3 is 2.59 bits per heavy atom. The summed E-state index contributed by atoms with van der Waals surface area (Å²) in [7, 11) is 0. The van der Waals surface area contributed by atoms with Crippen LogP contribution in [0.15, 0.2) is 12.1 Å². The van der Waals surface area contributed by atoms with Crippen LogP contribution < -0.4 is 11.1 Å². The minimum atomic E-state index is -0.900. The van der Waals surface area contributed by atoms with E-state index in [-0.39, 0.29) is 11.3 Å². The van der Waals surface area contributed by atoms with Gasteiger partial charge in [0.2, 0.25) is 0 Å². The Balaban J connectivity index is 2.29. The number of amides is 1. The second kappa shape index (κ2) is 4.67. The fourth-order valence-corrected chi connectivity index (χ4v) is 1.80. The molecule has 0 saturated carbocycles. The maximum Gasteiger partial charge on any atom is 0.256 e. The molecule has 4 nitrogen and oxygen atoms in total. The molecule has 1 aliphatic rings. The Bertz CT molecular complexity index is 445. The number of hydrogen-bond donors (Lipinski definition) is 2. The van der Waals surface area contributed by atoms with Crippen LogP contribution in [0.25, 0.3) is 0 Å². The van der Waals surface area contributed by atoms with Gasteiger partial charge >= 0.3 is 0 Å². The number of nitrogens with zero attached hydrogens (tertiary/aromatic N) is 1. The first kappa shape index (κ1) is 11.8.